The van der Waals surface area contributed by atoms with Crippen molar-refractivity contribution in [3.8, 4) is 0 Å². The summed E-state index contributed by atoms with van der Waals surface area (Å²) in [6.45, 7) is 9.78. The number of carbonyl (C=O) groups is 2. The number of rotatable bonds is 11. The number of cyclic esters (lactones) is 1. The highest BCUT2D eigenvalue weighted by molar-refractivity contribution is 6.99. The van der Waals surface area contributed by atoms with Gasteiger partial charge >= 0.3 is 18.1 Å². The molecule has 1 fully saturated rings. The summed E-state index contributed by atoms with van der Waals surface area (Å²) in [5.41, 5.74) is -3.78. The van der Waals surface area contributed by atoms with Crippen LogP contribution in [-0.2, 0) is 33.8 Å². The molecule has 3 aromatic carbocycles. The number of hydrogen-bond acceptors (Lipinski definition) is 6. The fourth-order valence-corrected chi connectivity index (χ4v) is 11.1. The third-order valence-electron chi connectivity index (χ3n) is 8.65. The maximum atomic E-state index is 14.4. The number of halogens is 3. The zero-order chi connectivity index (χ0) is 33.0. The predicted octanol–water partition coefficient (Wildman–Crippen LogP) is 6.31. The topological polar surface area (TPSA) is 71.1 Å². The molecule has 0 saturated carbocycles. The molecule has 0 bridgehead atoms. The second-order valence-electron chi connectivity index (χ2n) is 12.4. The van der Waals surface area contributed by atoms with Gasteiger partial charge in [-0.05, 0) is 28.8 Å². The molecule has 1 saturated heterocycles. The summed E-state index contributed by atoms with van der Waals surface area (Å²) < 4.78 is 66.6. The van der Waals surface area contributed by atoms with Crippen molar-refractivity contribution in [1.82, 2.24) is 0 Å². The normalized spacial score (nSPS) is 20.2. The Morgan fingerprint density at radius 1 is 0.911 bits per heavy atom. The van der Waals surface area contributed by atoms with Crippen molar-refractivity contribution in [3.05, 3.63) is 96.6 Å². The van der Waals surface area contributed by atoms with E-state index >= 15 is 0 Å². The van der Waals surface area contributed by atoms with Gasteiger partial charge < -0.3 is 18.6 Å². The Labute approximate surface area is 264 Å². The van der Waals surface area contributed by atoms with Gasteiger partial charge in [-0.3, -0.25) is 4.79 Å². The fraction of sp³-hybridized carbons (Fsp3) is 0.429. The number of ether oxygens (including phenoxy) is 3. The van der Waals surface area contributed by atoms with Crippen LogP contribution < -0.4 is 10.4 Å². The molecule has 3 aromatic rings. The molecule has 1 aliphatic heterocycles. The Balaban J connectivity index is 1.62. The highest BCUT2D eigenvalue weighted by Gasteiger charge is 2.64. The van der Waals surface area contributed by atoms with Gasteiger partial charge in [-0.15, -0.1) is 0 Å². The third-order valence-corrected chi connectivity index (χ3v) is 13.7. The van der Waals surface area contributed by atoms with Crippen LogP contribution in [0.15, 0.2) is 91.0 Å². The minimum absolute atomic E-state index is 0.112. The number of carbonyl (C=O) groups excluding carboxylic acids is 2. The van der Waals surface area contributed by atoms with Crippen LogP contribution in [0.2, 0.25) is 5.04 Å². The molecule has 5 atom stereocenters. The summed E-state index contributed by atoms with van der Waals surface area (Å²) in [6.07, 6.45) is -6.94. The minimum atomic E-state index is -5.13. The van der Waals surface area contributed by atoms with Gasteiger partial charge in [-0.1, -0.05) is 119 Å². The van der Waals surface area contributed by atoms with Crippen LogP contribution >= 0.6 is 0 Å². The smallest absolute Gasteiger partial charge is 0.432 e. The first-order chi connectivity index (χ1) is 21.2. The molecular weight excluding hydrogens is 601 g/mol. The predicted molar refractivity (Wildman–Crippen MR) is 168 cm³/mol. The van der Waals surface area contributed by atoms with Crippen molar-refractivity contribution < 1.29 is 41.4 Å². The Bertz CT molecular complexity index is 1390. The minimum Gasteiger partial charge on any atom is -0.459 e. The van der Waals surface area contributed by atoms with Crippen LogP contribution in [0.4, 0.5) is 13.2 Å². The van der Waals surface area contributed by atoms with Crippen LogP contribution in [0.3, 0.4) is 0 Å². The summed E-state index contributed by atoms with van der Waals surface area (Å²) in [7, 11) is -2.20. The fourth-order valence-electron chi connectivity index (χ4n) is 6.30. The van der Waals surface area contributed by atoms with Gasteiger partial charge in [0.2, 0.25) is 0 Å². The van der Waals surface area contributed by atoms with Crippen molar-refractivity contribution in [1.29, 1.82) is 0 Å². The number of benzene rings is 3. The zero-order valence-corrected chi connectivity index (χ0v) is 27.5. The van der Waals surface area contributed by atoms with Gasteiger partial charge in [-0.2, -0.15) is 13.2 Å². The largest absolute Gasteiger partial charge is 0.459 e. The van der Waals surface area contributed by atoms with Gasteiger partial charge in [0.1, 0.15) is 12.2 Å². The lowest BCUT2D eigenvalue weighted by atomic mass is 9.92. The second kappa shape index (κ2) is 13.5. The quantitative estimate of drug-likeness (QED) is 0.180. The standard InChI is InChI=1S/C35H41F3O6Si/c1-7-29(44-45(33(3,4)5,26-19-13-9-14-20-26)27-21-15-10-16-22-27)30-23-28(31(39)43-30)24(2)42-32(40)34(41-6,35(36,37)38)25-17-11-8-12-18-25/h8-22,24,28-30H,7,23H2,1-6H3/t24-,28+,29+,30+,34+/m1/s1. The monoisotopic (exact) mass is 642 g/mol. The first-order valence-corrected chi connectivity index (χ1v) is 17.0. The highest BCUT2D eigenvalue weighted by atomic mass is 28.4. The lowest BCUT2D eigenvalue weighted by Gasteiger charge is -2.45. The Hall–Kier alpha value is -3.47. The van der Waals surface area contributed by atoms with Crippen LogP contribution in [0.25, 0.3) is 0 Å². The van der Waals surface area contributed by atoms with E-state index in [9.17, 15) is 22.8 Å². The average Bonchev–Trinajstić information content (AvgIpc) is 3.40. The van der Waals surface area contributed by atoms with Gasteiger partial charge in [0.05, 0.1) is 12.0 Å². The molecule has 1 heterocycles. The van der Waals surface area contributed by atoms with Crippen molar-refractivity contribution in [2.75, 3.05) is 7.11 Å². The molecule has 0 spiro atoms. The van der Waals surface area contributed by atoms with E-state index in [2.05, 4.69) is 45.0 Å². The van der Waals surface area contributed by atoms with Gasteiger partial charge in [0.25, 0.3) is 13.9 Å². The molecule has 0 unspecified atom stereocenters. The van der Waals surface area contributed by atoms with Gasteiger partial charge in [-0.25, -0.2) is 4.79 Å². The average molecular weight is 643 g/mol. The molecule has 0 aromatic heterocycles. The van der Waals surface area contributed by atoms with E-state index in [4.69, 9.17) is 18.6 Å². The second-order valence-corrected chi connectivity index (χ2v) is 16.7. The molecule has 10 heteroatoms. The molecule has 0 amide bonds. The SMILES string of the molecule is CC[C@H](O[Si](c1ccccc1)(c1ccccc1)C(C)(C)C)[C@@H]1C[C@@H]([C@@H](C)OC(=O)[C@@](OC)(c2ccccc2)C(F)(F)F)C(=O)O1. The van der Waals surface area contributed by atoms with Crippen molar-refractivity contribution in [2.24, 2.45) is 5.92 Å². The van der Waals surface area contributed by atoms with E-state index in [0.717, 1.165) is 29.6 Å². The molecule has 0 N–H and O–H groups in total. The Morgan fingerprint density at radius 2 is 1.40 bits per heavy atom. The molecule has 0 aliphatic carbocycles. The summed E-state index contributed by atoms with van der Waals surface area (Å²) >= 11 is 0. The summed E-state index contributed by atoms with van der Waals surface area (Å²) in [5.74, 6) is -3.29. The molecule has 0 radical (unpaired) electrons. The lowest BCUT2D eigenvalue weighted by Crippen LogP contribution is -2.68. The molecule has 1 aliphatic rings. The summed E-state index contributed by atoms with van der Waals surface area (Å²) in [4.78, 5) is 26.5. The first-order valence-electron chi connectivity index (χ1n) is 15.1. The van der Waals surface area contributed by atoms with Crippen molar-refractivity contribution in [3.63, 3.8) is 0 Å². The van der Waals surface area contributed by atoms with E-state index in [0.29, 0.717) is 6.42 Å². The van der Waals surface area contributed by atoms with Crippen LogP contribution in [0.1, 0.15) is 53.0 Å². The zero-order valence-electron chi connectivity index (χ0n) is 26.5. The molecule has 4 rings (SSSR count). The maximum Gasteiger partial charge on any atom is 0.432 e. The van der Waals surface area contributed by atoms with Gasteiger partial charge in [0, 0.05) is 19.1 Å². The first kappa shape index (κ1) is 34.4. The number of esters is 2. The lowest BCUT2D eigenvalue weighted by molar-refractivity contribution is -0.278. The number of alkyl halides is 3. The van der Waals surface area contributed by atoms with E-state index < -0.39 is 61.8 Å². The third kappa shape index (κ3) is 6.46. The highest BCUT2D eigenvalue weighted by Crippen LogP contribution is 2.44. The van der Waals surface area contributed by atoms with E-state index in [1.807, 2.05) is 43.3 Å². The maximum absolute atomic E-state index is 14.4. The number of methoxy groups -OCH3 is 1. The van der Waals surface area contributed by atoms with Crippen LogP contribution in [-0.4, -0.2) is 51.9 Å². The van der Waals surface area contributed by atoms with Gasteiger partial charge in [0.15, 0.2) is 0 Å². The van der Waals surface area contributed by atoms with Crippen molar-refractivity contribution in [2.45, 2.75) is 82.6 Å². The summed E-state index contributed by atoms with van der Waals surface area (Å²) in [6, 6.07) is 26.7. The van der Waals surface area contributed by atoms with Crippen molar-refractivity contribution >= 4 is 30.6 Å². The van der Waals surface area contributed by atoms with E-state index in [1.54, 1.807) is 0 Å². The molecule has 242 valence electrons. The van der Waals surface area contributed by atoms with E-state index in [-0.39, 0.29) is 11.5 Å². The van der Waals surface area contributed by atoms with Crippen LogP contribution in [0, 0.1) is 5.92 Å². The Morgan fingerprint density at radius 3 is 1.82 bits per heavy atom. The Kier molecular flexibility index (Phi) is 10.3. The molecule has 6 nitrogen and oxygen atoms in total. The number of hydrogen-bond donors (Lipinski definition) is 0. The van der Waals surface area contributed by atoms with Crippen LogP contribution in [0.5, 0.6) is 0 Å². The molecular formula is C35H41F3O6Si. The summed E-state index contributed by atoms with van der Waals surface area (Å²) in [5, 5.41) is 1.80. The van der Waals surface area contributed by atoms with E-state index in [1.165, 1.54) is 25.1 Å². The molecule has 45 heavy (non-hydrogen) atoms.